The zero-order valence-electron chi connectivity index (χ0n) is 9.18. The fourth-order valence-corrected chi connectivity index (χ4v) is 2.76. The van der Waals surface area contributed by atoms with E-state index in [-0.39, 0.29) is 0 Å². The molecule has 1 N–H and O–H groups in total. The Morgan fingerprint density at radius 1 is 1.29 bits per heavy atom. The van der Waals surface area contributed by atoms with E-state index in [1.54, 1.807) is 0 Å². The van der Waals surface area contributed by atoms with Gasteiger partial charge < -0.3 is 10.2 Å². The smallest absolute Gasteiger partial charge is 0.169 e. The molecule has 1 heterocycles. The van der Waals surface area contributed by atoms with E-state index in [0.29, 0.717) is 11.5 Å². The first-order valence-corrected chi connectivity index (χ1v) is 6.03. The van der Waals surface area contributed by atoms with Crippen molar-refractivity contribution in [2.24, 2.45) is 5.41 Å². The Bertz CT molecular complexity index is 223. The van der Waals surface area contributed by atoms with Crippen LogP contribution in [0.1, 0.15) is 39.5 Å². The summed E-state index contributed by atoms with van der Waals surface area (Å²) in [5, 5.41) is 4.46. The molecule has 0 bridgehead atoms. The van der Waals surface area contributed by atoms with Crippen LogP contribution in [0.2, 0.25) is 0 Å². The molecule has 0 atom stereocenters. The average molecular weight is 212 g/mol. The molecule has 2 rings (SSSR count). The van der Waals surface area contributed by atoms with E-state index in [0.717, 1.165) is 18.2 Å². The summed E-state index contributed by atoms with van der Waals surface area (Å²) in [6, 6.07) is 0.659. The van der Waals surface area contributed by atoms with Crippen molar-refractivity contribution in [2.75, 3.05) is 13.1 Å². The van der Waals surface area contributed by atoms with Gasteiger partial charge in [-0.05, 0) is 30.5 Å². The van der Waals surface area contributed by atoms with Crippen LogP contribution in [0.25, 0.3) is 0 Å². The zero-order valence-corrected chi connectivity index (χ0v) is 9.99. The van der Waals surface area contributed by atoms with Gasteiger partial charge >= 0.3 is 0 Å². The Morgan fingerprint density at radius 2 is 1.86 bits per heavy atom. The molecular weight excluding hydrogens is 192 g/mol. The van der Waals surface area contributed by atoms with Gasteiger partial charge in [-0.2, -0.15) is 0 Å². The second-order valence-corrected chi connectivity index (χ2v) is 5.84. The fraction of sp³-hybridized carbons (Fsp3) is 0.909. The Morgan fingerprint density at radius 3 is 2.36 bits per heavy atom. The number of hydrogen-bond acceptors (Lipinski definition) is 1. The van der Waals surface area contributed by atoms with Gasteiger partial charge in [0.05, 0.1) is 0 Å². The third kappa shape index (κ3) is 2.19. The van der Waals surface area contributed by atoms with E-state index in [1.807, 2.05) is 0 Å². The molecule has 1 aliphatic carbocycles. The molecule has 1 saturated heterocycles. The SMILES string of the molecule is CC1(C)CN(C(=S)NC2CCCC2)C1. The van der Waals surface area contributed by atoms with Crippen LogP contribution in [0, 0.1) is 5.41 Å². The van der Waals surface area contributed by atoms with Crippen molar-refractivity contribution < 1.29 is 0 Å². The minimum atomic E-state index is 0.474. The van der Waals surface area contributed by atoms with Gasteiger partial charge in [0.25, 0.3) is 0 Å². The van der Waals surface area contributed by atoms with E-state index >= 15 is 0 Å². The van der Waals surface area contributed by atoms with Crippen LogP contribution in [0.5, 0.6) is 0 Å². The highest BCUT2D eigenvalue weighted by Gasteiger charge is 2.36. The molecule has 3 heteroatoms. The molecular formula is C11H20N2S. The van der Waals surface area contributed by atoms with Gasteiger partial charge in [-0.1, -0.05) is 26.7 Å². The lowest BCUT2D eigenvalue weighted by molar-refractivity contribution is 0.0969. The monoisotopic (exact) mass is 212 g/mol. The largest absolute Gasteiger partial charge is 0.360 e. The first-order chi connectivity index (χ1) is 6.57. The van der Waals surface area contributed by atoms with Crippen molar-refractivity contribution >= 4 is 17.3 Å². The number of nitrogens with zero attached hydrogens (tertiary/aromatic N) is 1. The Balaban J connectivity index is 1.74. The van der Waals surface area contributed by atoms with Crippen molar-refractivity contribution in [2.45, 2.75) is 45.6 Å². The highest BCUT2D eigenvalue weighted by atomic mass is 32.1. The first kappa shape index (κ1) is 10.2. The molecule has 2 aliphatic rings. The van der Waals surface area contributed by atoms with E-state index in [1.165, 1.54) is 25.7 Å². The number of likely N-dealkylation sites (tertiary alicyclic amines) is 1. The summed E-state index contributed by atoms with van der Waals surface area (Å²) in [4.78, 5) is 2.29. The van der Waals surface area contributed by atoms with Crippen LogP contribution >= 0.6 is 12.2 Å². The Hall–Kier alpha value is -0.310. The molecule has 0 aromatic heterocycles. The maximum absolute atomic E-state index is 5.38. The van der Waals surface area contributed by atoms with Crippen LogP contribution < -0.4 is 5.32 Å². The van der Waals surface area contributed by atoms with Crippen LogP contribution in [0.15, 0.2) is 0 Å². The third-order valence-electron chi connectivity index (χ3n) is 3.21. The minimum absolute atomic E-state index is 0.474. The number of rotatable bonds is 1. The van der Waals surface area contributed by atoms with Gasteiger partial charge in [0.2, 0.25) is 0 Å². The highest BCUT2D eigenvalue weighted by molar-refractivity contribution is 7.80. The van der Waals surface area contributed by atoms with Crippen molar-refractivity contribution in [1.82, 2.24) is 10.2 Å². The van der Waals surface area contributed by atoms with Gasteiger partial charge in [0.15, 0.2) is 5.11 Å². The van der Waals surface area contributed by atoms with Crippen molar-refractivity contribution in [3.63, 3.8) is 0 Å². The molecule has 0 radical (unpaired) electrons. The molecule has 2 fully saturated rings. The second kappa shape index (κ2) is 3.69. The van der Waals surface area contributed by atoms with E-state index < -0.39 is 0 Å². The maximum atomic E-state index is 5.38. The molecule has 1 aliphatic heterocycles. The summed E-state index contributed by atoms with van der Waals surface area (Å²) in [6.07, 6.45) is 5.34. The first-order valence-electron chi connectivity index (χ1n) is 5.62. The lowest BCUT2D eigenvalue weighted by Gasteiger charge is -2.47. The Labute approximate surface area is 92.0 Å². The van der Waals surface area contributed by atoms with Gasteiger partial charge in [-0.15, -0.1) is 0 Å². The van der Waals surface area contributed by atoms with Gasteiger partial charge in [0.1, 0.15) is 0 Å². The summed E-state index contributed by atoms with van der Waals surface area (Å²) in [6.45, 7) is 6.82. The van der Waals surface area contributed by atoms with Crippen molar-refractivity contribution in [1.29, 1.82) is 0 Å². The van der Waals surface area contributed by atoms with Gasteiger partial charge in [-0.3, -0.25) is 0 Å². The number of nitrogens with one attached hydrogen (secondary N) is 1. The summed E-state index contributed by atoms with van der Waals surface area (Å²) < 4.78 is 0. The highest BCUT2D eigenvalue weighted by Crippen LogP contribution is 2.29. The van der Waals surface area contributed by atoms with Crippen LogP contribution in [-0.4, -0.2) is 29.1 Å². The van der Waals surface area contributed by atoms with E-state index in [9.17, 15) is 0 Å². The zero-order chi connectivity index (χ0) is 10.2. The van der Waals surface area contributed by atoms with Crippen LogP contribution in [0.3, 0.4) is 0 Å². The second-order valence-electron chi connectivity index (χ2n) is 5.45. The lowest BCUT2D eigenvalue weighted by atomic mass is 9.85. The average Bonchev–Trinajstić information content (AvgIpc) is 2.52. The summed E-state index contributed by atoms with van der Waals surface area (Å²) in [5.74, 6) is 0. The van der Waals surface area contributed by atoms with Gasteiger partial charge in [-0.25, -0.2) is 0 Å². The van der Waals surface area contributed by atoms with E-state index in [2.05, 4.69) is 24.1 Å². The summed E-state index contributed by atoms with van der Waals surface area (Å²) in [5.41, 5.74) is 0.474. The molecule has 0 unspecified atom stereocenters. The summed E-state index contributed by atoms with van der Waals surface area (Å²) >= 11 is 5.38. The van der Waals surface area contributed by atoms with Crippen molar-refractivity contribution in [3.05, 3.63) is 0 Å². The molecule has 2 nitrogen and oxygen atoms in total. The molecule has 0 spiro atoms. The topological polar surface area (TPSA) is 15.3 Å². The standard InChI is InChI=1S/C11H20N2S/c1-11(2)7-13(8-11)10(14)12-9-5-3-4-6-9/h9H,3-8H2,1-2H3,(H,12,14). The third-order valence-corrected chi connectivity index (χ3v) is 3.58. The lowest BCUT2D eigenvalue weighted by Crippen LogP contribution is -2.59. The normalized spacial score (nSPS) is 26.0. The fourth-order valence-electron chi connectivity index (χ4n) is 2.47. The number of hydrogen-bond donors (Lipinski definition) is 1. The van der Waals surface area contributed by atoms with Crippen molar-refractivity contribution in [3.8, 4) is 0 Å². The number of thiocarbonyl (C=S) groups is 1. The molecule has 1 saturated carbocycles. The molecule has 0 amide bonds. The van der Waals surface area contributed by atoms with Crippen LogP contribution in [-0.2, 0) is 0 Å². The Kier molecular flexibility index (Phi) is 2.69. The summed E-state index contributed by atoms with van der Waals surface area (Å²) in [7, 11) is 0. The maximum Gasteiger partial charge on any atom is 0.169 e. The van der Waals surface area contributed by atoms with Crippen LogP contribution in [0.4, 0.5) is 0 Å². The molecule has 14 heavy (non-hydrogen) atoms. The molecule has 0 aromatic rings. The quantitative estimate of drug-likeness (QED) is 0.671. The van der Waals surface area contributed by atoms with E-state index in [4.69, 9.17) is 12.2 Å². The predicted octanol–water partition coefficient (Wildman–Crippen LogP) is 2.15. The molecule has 0 aromatic carbocycles. The van der Waals surface area contributed by atoms with Gasteiger partial charge in [0, 0.05) is 19.1 Å². The predicted molar refractivity (Wildman–Crippen MR) is 63.3 cm³/mol. The minimum Gasteiger partial charge on any atom is -0.360 e. The molecule has 80 valence electrons.